The molecule has 0 aromatic heterocycles. The van der Waals surface area contributed by atoms with Crippen molar-refractivity contribution in [2.24, 2.45) is 9.98 Å². The molecule has 3 nitrogen and oxygen atoms in total. The molecule has 13 heavy (non-hydrogen) atoms. The molecule has 0 fully saturated rings. The summed E-state index contributed by atoms with van der Waals surface area (Å²) in [5.74, 6) is 0. The van der Waals surface area contributed by atoms with Gasteiger partial charge >= 0.3 is 0 Å². The lowest BCUT2D eigenvalue weighted by molar-refractivity contribution is -0.858. The molecule has 0 radical (unpaired) electrons. The average Bonchev–Trinajstić information content (AvgIpc) is 2.02. The molecule has 78 valence electrons. The summed E-state index contributed by atoms with van der Waals surface area (Å²) >= 11 is 0. The molecule has 0 saturated heterocycles. The summed E-state index contributed by atoms with van der Waals surface area (Å²) in [6.45, 7) is 4.96. The Balaban J connectivity index is 0. The largest absolute Gasteiger partial charge is 0.340 e. The van der Waals surface area contributed by atoms with Gasteiger partial charge in [0.25, 0.3) is 0 Å². The highest BCUT2D eigenvalue weighted by Gasteiger charge is 1.89. The third-order valence-electron chi connectivity index (χ3n) is 1.42. The van der Waals surface area contributed by atoms with Crippen molar-refractivity contribution in [3.8, 4) is 0 Å². The molecule has 0 saturated carbocycles. The molecule has 0 amide bonds. The minimum Gasteiger partial charge on any atom is -0.340 e. The van der Waals surface area contributed by atoms with Gasteiger partial charge in [0.15, 0.2) is 0 Å². The highest BCUT2D eigenvalue weighted by atomic mass is 35.5. The van der Waals surface area contributed by atoms with Crippen molar-refractivity contribution in [3.63, 3.8) is 0 Å². The minimum atomic E-state index is 0. The van der Waals surface area contributed by atoms with Gasteiger partial charge in [-0.2, -0.15) is 0 Å². The van der Waals surface area contributed by atoms with Crippen LogP contribution >= 0.6 is 12.4 Å². The van der Waals surface area contributed by atoms with E-state index in [9.17, 15) is 0 Å². The minimum absolute atomic E-state index is 0. The summed E-state index contributed by atoms with van der Waals surface area (Å²) in [7, 11) is 4.31. The van der Waals surface area contributed by atoms with Gasteiger partial charge in [-0.05, 0) is 6.92 Å². The van der Waals surface area contributed by atoms with Crippen molar-refractivity contribution in [2.45, 2.75) is 13.3 Å². The van der Waals surface area contributed by atoms with Crippen LogP contribution in [-0.2, 0) is 0 Å². The van der Waals surface area contributed by atoms with E-state index in [0.717, 1.165) is 19.5 Å². The van der Waals surface area contributed by atoms with Gasteiger partial charge in [0.1, 0.15) is 0 Å². The monoisotopic (exact) mass is 206 g/mol. The van der Waals surface area contributed by atoms with Crippen LogP contribution in [0.1, 0.15) is 13.3 Å². The van der Waals surface area contributed by atoms with Crippen LogP contribution in [0.2, 0.25) is 0 Å². The van der Waals surface area contributed by atoms with Crippen LogP contribution in [0, 0.1) is 0 Å². The topological polar surface area (TPSA) is 29.2 Å². The number of hydrogen-bond acceptors (Lipinski definition) is 2. The zero-order valence-electron chi connectivity index (χ0n) is 8.79. The quantitative estimate of drug-likeness (QED) is 0.472. The summed E-state index contributed by atoms with van der Waals surface area (Å²) < 4.78 is 0. The van der Waals surface area contributed by atoms with Gasteiger partial charge in [0.05, 0.1) is 20.6 Å². The smallest absolute Gasteiger partial charge is 0.0784 e. The van der Waals surface area contributed by atoms with E-state index in [4.69, 9.17) is 0 Å². The van der Waals surface area contributed by atoms with Gasteiger partial charge in [-0.15, -0.1) is 12.4 Å². The first-order valence-electron chi connectivity index (χ1n) is 4.54. The van der Waals surface area contributed by atoms with Gasteiger partial charge in [0.2, 0.25) is 0 Å². The van der Waals surface area contributed by atoms with E-state index >= 15 is 0 Å². The summed E-state index contributed by atoms with van der Waals surface area (Å²) in [5.41, 5.74) is 0. The summed E-state index contributed by atoms with van der Waals surface area (Å²) in [6, 6.07) is 0. The van der Waals surface area contributed by atoms with Crippen molar-refractivity contribution in [3.05, 3.63) is 0 Å². The SMILES string of the molecule is CCN=CC=NCCC[NH+](C)C.Cl. The fourth-order valence-corrected chi connectivity index (χ4v) is 0.798. The Morgan fingerprint density at radius 1 is 1.15 bits per heavy atom. The predicted octanol–water partition coefficient (Wildman–Crippen LogP) is 0.104. The Morgan fingerprint density at radius 2 is 1.77 bits per heavy atom. The van der Waals surface area contributed by atoms with Gasteiger partial charge in [-0.25, -0.2) is 0 Å². The van der Waals surface area contributed by atoms with Crippen LogP contribution in [0.15, 0.2) is 9.98 Å². The van der Waals surface area contributed by atoms with Crippen molar-refractivity contribution in [2.75, 3.05) is 33.7 Å². The van der Waals surface area contributed by atoms with E-state index in [1.807, 2.05) is 6.92 Å². The molecule has 0 aromatic rings. The lowest BCUT2D eigenvalue weighted by atomic mass is 10.4. The Hall–Kier alpha value is -0.410. The maximum absolute atomic E-state index is 4.19. The lowest BCUT2D eigenvalue weighted by Gasteiger charge is -2.03. The Labute approximate surface area is 87.4 Å². The average molecular weight is 207 g/mol. The van der Waals surface area contributed by atoms with E-state index in [-0.39, 0.29) is 12.4 Å². The zero-order valence-corrected chi connectivity index (χ0v) is 9.60. The van der Waals surface area contributed by atoms with Crippen LogP contribution in [0.25, 0.3) is 0 Å². The number of halogens is 1. The molecule has 0 bridgehead atoms. The highest BCUT2D eigenvalue weighted by Crippen LogP contribution is 1.73. The Morgan fingerprint density at radius 3 is 2.31 bits per heavy atom. The predicted molar refractivity (Wildman–Crippen MR) is 61.9 cm³/mol. The molecule has 0 spiro atoms. The summed E-state index contributed by atoms with van der Waals surface area (Å²) in [6.07, 6.45) is 4.70. The van der Waals surface area contributed by atoms with Crippen molar-refractivity contribution in [1.82, 2.24) is 0 Å². The number of aliphatic imine (C=N–C) groups is 2. The number of hydrogen-bond donors (Lipinski definition) is 1. The molecule has 0 aliphatic carbocycles. The first kappa shape index (κ1) is 15.1. The maximum atomic E-state index is 4.19. The Bertz CT molecular complexity index is 144. The van der Waals surface area contributed by atoms with Crippen LogP contribution in [-0.4, -0.2) is 46.2 Å². The van der Waals surface area contributed by atoms with Crippen molar-refractivity contribution < 1.29 is 4.90 Å². The number of nitrogens with zero attached hydrogens (tertiary/aromatic N) is 2. The van der Waals surface area contributed by atoms with Gasteiger partial charge in [-0.1, -0.05) is 0 Å². The highest BCUT2D eigenvalue weighted by molar-refractivity contribution is 6.15. The third-order valence-corrected chi connectivity index (χ3v) is 1.42. The van der Waals surface area contributed by atoms with E-state index in [1.54, 1.807) is 12.4 Å². The standard InChI is InChI=1S/C9H19N3.ClH/c1-4-10-7-8-11-6-5-9-12(2)3;/h7-8H,4-6,9H2,1-3H3;1H/p+1. The molecule has 0 unspecified atom stereocenters. The van der Waals surface area contributed by atoms with E-state index in [1.165, 1.54) is 11.4 Å². The fraction of sp³-hybridized carbons (Fsp3) is 0.778. The second-order valence-corrected chi connectivity index (χ2v) is 3.01. The Kier molecular flexibility index (Phi) is 13.4. The molecule has 0 heterocycles. The first-order chi connectivity index (χ1) is 5.77. The summed E-state index contributed by atoms with van der Waals surface area (Å²) in [4.78, 5) is 9.70. The lowest BCUT2D eigenvalue weighted by Crippen LogP contribution is -3.05. The molecule has 0 aromatic carbocycles. The molecule has 4 heteroatoms. The second-order valence-electron chi connectivity index (χ2n) is 3.01. The fourth-order valence-electron chi connectivity index (χ4n) is 0.798. The van der Waals surface area contributed by atoms with Crippen LogP contribution in [0.4, 0.5) is 0 Å². The normalized spacial score (nSPS) is 11.4. The molecule has 0 atom stereocenters. The van der Waals surface area contributed by atoms with E-state index < -0.39 is 0 Å². The van der Waals surface area contributed by atoms with Gasteiger partial charge in [0, 0.05) is 31.9 Å². The van der Waals surface area contributed by atoms with Crippen molar-refractivity contribution >= 4 is 24.8 Å². The number of rotatable bonds is 6. The van der Waals surface area contributed by atoms with Crippen molar-refractivity contribution in [1.29, 1.82) is 0 Å². The van der Waals surface area contributed by atoms with Gasteiger partial charge in [-0.3, -0.25) is 9.98 Å². The molecule has 0 aliphatic rings. The second kappa shape index (κ2) is 11.6. The zero-order chi connectivity index (χ0) is 9.23. The third kappa shape index (κ3) is 14.4. The molecular formula is C9H21ClN3+. The molecule has 1 N–H and O–H groups in total. The van der Waals surface area contributed by atoms with E-state index in [2.05, 4.69) is 24.1 Å². The van der Waals surface area contributed by atoms with Crippen LogP contribution < -0.4 is 4.90 Å². The summed E-state index contributed by atoms with van der Waals surface area (Å²) in [5, 5.41) is 0. The molecular weight excluding hydrogens is 186 g/mol. The van der Waals surface area contributed by atoms with Crippen LogP contribution in [0.5, 0.6) is 0 Å². The van der Waals surface area contributed by atoms with Gasteiger partial charge < -0.3 is 4.90 Å². The molecule has 0 aliphatic heterocycles. The number of nitrogens with one attached hydrogen (secondary N) is 1. The maximum Gasteiger partial charge on any atom is 0.0784 e. The van der Waals surface area contributed by atoms with E-state index in [0.29, 0.717) is 0 Å². The first-order valence-corrected chi connectivity index (χ1v) is 4.54. The number of quaternary nitrogens is 1. The molecule has 0 rings (SSSR count). The van der Waals surface area contributed by atoms with Crippen LogP contribution in [0.3, 0.4) is 0 Å².